The van der Waals surface area contributed by atoms with Gasteiger partial charge in [0.05, 0.1) is 12.7 Å². The Hall–Kier alpha value is -2.15. The van der Waals surface area contributed by atoms with Crippen LogP contribution in [0.5, 0.6) is 0 Å². The van der Waals surface area contributed by atoms with Gasteiger partial charge in [-0.3, -0.25) is 0 Å². The molecule has 1 aromatic heterocycles. The van der Waals surface area contributed by atoms with Gasteiger partial charge in [-0.1, -0.05) is 23.7 Å². The first-order valence-electron chi connectivity index (χ1n) is 5.61. The highest BCUT2D eigenvalue weighted by Crippen LogP contribution is 2.31. The molecule has 110 valence electrons. The van der Waals surface area contributed by atoms with E-state index in [1.165, 1.54) is 19.2 Å². The standard InChI is InChI=1S/C13H8ClF3N2O2/c1-21-12(20)9-6-18-11(19-10(9)14)7-3-2-4-8(5-7)13(15,16)17/h2-6H,1H3. The lowest BCUT2D eigenvalue weighted by Crippen LogP contribution is -2.06. The molecule has 0 spiro atoms. The topological polar surface area (TPSA) is 52.1 Å². The SMILES string of the molecule is COC(=O)c1cnc(-c2cccc(C(F)(F)F)c2)nc1Cl. The fraction of sp³-hybridized carbons (Fsp3) is 0.154. The number of rotatable bonds is 2. The van der Waals surface area contributed by atoms with E-state index in [-0.39, 0.29) is 22.1 Å². The first kappa shape index (κ1) is 15.2. The van der Waals surface area contributed by atoms with E-state index in [0.29, 0.717) is 0 Å². The zero-order valence-electron chi connectivity index (χ0n) is 10.6. The van der Waals surface area contributed by atoms with Crippen LogP contribution >= 0.6 is 11.6 Å². The van der Waals surface area contributed by atoms with E-state index < -0.39 is 17.7 Å². The van der Waals surface area contributed by atoms with Crippen LogP contribution in [0.2, 0.25) is 5.15 Å². The van der Waals surface area contributed by atoms with Crippen molar-refractivity contribution in [2.75, 3.05) is 7.11 Å². The van der Waals surface area contributed by atoms with Gasteiger partial charge < -0.3 is 4.74 Å². The quantitative estimate of drug-likeness (QED) is 0.627. The van der Waals surface area contributed by atoms with Crippen molar-refractivity contribution in [3.63, 3.8) is 0 Å². The number of carbonyl (C=O) groups is 1. The number of alkyl halides is 3. The molecule has 2 rings (SSSR count). The summed E-state index contributed by atoms with van der Waals surface area (Å²) in [5, 5.41) is -0.190. The van der Waals surface area contributed by atoms with Crippen molar-refractivity contribution in [1.29, 1.82) is 0 Å². The predicted octanol–water partition coefficient (Wildman–Crippen LogP) is 3.60. The van der Waals surface area contributed by atoms with Crippen molar-refractivity contribution in [2.45, 2.75) is 6.18 Å². The van der Waals surface area contributed by atoms with Crippen LogP contribution in [0, 0.1) is 0 Å². The van der Waals surface area contributed by atoms with Crippen LogP contribution in [0.25, 0.3) is 11.4 Å². The second kappa shape index (κ2) is 5.69. The minimum Gasteiger partial charge on any atom is -0.465 e. The summed E-state index contributed by atoms with van der Waals surface area (Å²) in [6, 6.07) is 4.50. The third kappa shape index (κ3) is 3.30. The number of nitrogens with zero attached hydrogens (tertiary/aromatic N) is 2. The number of halogens is 4. The summed E-state index contributed by atoms with van der Waals surface area (Å²) in [5.74, 6) is -0.741. The predicted molar refractivity (Wildman–Crippen MR) is 68.8 cm³/mol. The van der Waals surface area contributed by atoms with Gasteiger partial charge >= 0.3 is 12.1 Å². The van der Waals surface area contributed by atoms with Crippen molar-refractivity contribution in [1.82, 2.24) is 9.97 Å². The maximum Gasteiger partial charge on any atom is 0.416 e. The Bertz CT molecular complexity index is 689. The molecule has 4 nitrogen and oxygen atoms in total. The smallest absolute Gasteiger partial charge is 0.416 e. The van der Waals surface area contributed by atoms with E-state index in [9.17, 15) is 18.0 Å². The Morgan fingerprint density at radius 3 is 2.62 bits per heavy atom. The fourth-order valence-corrected chi connectivity index (χ4v) is 1.79. The van der Waals surface area contributed by atoms with Crippen LogP contribution in [0.3, 0.4) is 0 Å². The van der Waals surface area contributed by atoms with Crippen molar-refractivity contribution < 1.29 is 22.7 Å². The van der Waals surface area contributed by atoms with Gasteiger partial charge in [-0.05, 0) is 12.1 Å². The molecule has 0 unspecified atom stereocenters. The molecule has 0 aliphatic heterocycles. The highest BCUT2D eigenvalue weighted by atomic mass is 35.5. The van der Waals surface area contributed by atoms with Gasteiger partial charge in [-0.15, -0.1) is 0 Å². The van der Waals surface area contributed by atoms with Gasteiger partial charge in [0, 0.05) is 11.8 Å². The largest absolute Gasteiger partial charge is 0.465 e. The number of methoxy groups -OCH3 is 1. The van der Waals surface area contributed by atoms with Crippen molar-refractivity contribution >= 4 is 17.6 Å². The van der Waals surface area contributed by atoms with Crippen LogP contribution < -0.4 is 0 Å². The molecule has 0 saturated heterocycles. The minimum atomic E-state index is -4.47. The second-order valence-electron chi connectivity index (χ2n) is 3.97. The summed E-state index contributed by atoms with van der Waals surface area (Å²) in [6.07, 6.45) is -3.36. The second-order valence-corrected chi connectivity index (χ2v) is 4.33. The van der Waals surface area contributed by atoms with Gasteiger partial charge in [0.1, 0.15) is 10.7 Å². The lowest BCUT2D eigenvalue weighted by molar-refractivity contribution is -0.137. The third-order valence-corrected chi connectivity index (χ3v) is 2.88. The molecular weight excluding hydrogens is 309 g/mol. The Morgan fingerprint density at radius 2 is 2.05 bits per heavy atom. The van der Waals surface area contributed by atoms with E-state index in [0.717, 1.165) is 18.3 Å². The number of carbonyl (C=O) groups excluding carboxylic acids is 1. The van der Waals surface area contributed by atoms with Crippen LogP contribution in [0.15, 0.2) is 30.5 Å². The monoisotopic (exact) mass is 316 g/mol. The van der Waals surface area contributed by atoms with Crippen LogP contribution in [-0.4, -0.2) is 23.0 Å². The molecule has 8 heteroatoms. The first-order valence-corrected chi connectivity index (χ1v) is 5.99. The molecule has 2 aromatic rings. The first-order chi connectivity index (χ1) is 9.82. The molecule has 1 aromatic carbocycles. The van der Waals surface area contributed by atoms with E-state index in [4.69, 9.17) is 11.6 Å². The fourth-order valence-electron chi connectivity index (χ4n) is 1.58. The number of esters is 1. The average molecular weight is 317 g/mol. The molecular formula is C13H8ClF3N2O2. The lowest BCUT2D eigenvalue weighted by atomic mass is 10.1. The molecule has 1 heterocycles. The summed E-state index contributed by atoms with van der Waals surface area (Å²) in [5.41, 5.74) is -0.741. The molecule has 0 atom stereocenters. The lowest BCUT2D eigenvalue weighted by Gasteiger charge is -2.08. The summed E-state index contributed by atoms with van der Waals surface area (Å²) in [4.78, 5) is 19.0. The zero-order valence-corrected chi connectivity index (χ0v) is 11.4. The molecule has 0 N–H and O–H groups in total. The highest BCUT2D eigenvalue weighted by molar-refractivity contribution is 6.32. The number of hydrogen-bond acceptors (Lipinski definition) is 4. The zero-order chi connectivity index (χ0) is 15.6. The highest BCUT2D eigenvalue weighted by Gasteiger charge is 2.30. The van der Waals surface area contributed by atoms with Crippen LogP contribution in [-0.2, 0) is 10.9 Å². The van der Waals surface area contributed by atoms with Gasteiger partial charge in [0.15, 0.2) is 5.82 Å². The van der Waals surface area contributed by atoms with Gasteiger partial charge in [-0.2, -0.15) is 13.2 Å². The Morgan fingerprint density at radius 1 is 1.33 bits per heavy atom. The molecule has 0 radical (unpaired) electrons. The normalized spacial score (nSPS) is 11.3. The molecule has 21 heavy (non-hydrogen) atoms. The number of hydrogen-bond donors (Lipinski definition) is 0. The van der Waals surface area contributed by atoms with Crippen LogP contribution in [0.4, 0.5) is 13.2 Å². The average Bonchev–Trinajstić information content (AvgIpc) is 2.45. The third-order valence-electron chi connectivity index (χ3n) is 2.60. The van der Waals surface area contributed by atoms with Gasteiger partial charge in [-0.25, -0.2) is 14.8 Å². The molecule has 0 amide bonds. The Kier molecular flexibility index (Phi) is 4.13. The van der Waals surface area contributed by atoms with E-state index in [2.05, 4.69) is 14.7 Å². The van der Waals surface area contributed by atoms with E-state index in [1.54, 1.807) is 0 Å². The summed E-state index contributed by atoms with van der Waals surface area (Å²) in [6.45, 7) is 0. The molecule has 0 aliphatic rings. The molecule has 0 fully saturated rings. The maximum absolute atomic E-state index is 12.7. The summed E-state index contributed by atoms with van der Waals surface area (Å²) < 4.78 is 42.4. The van der Waals surface area contributed by atoms with Crippen molar-refractivity contribution in [3.8, 4) is 11.4 Å². The Balaban J connectivity index is 2.44. The minimum absolute atomic E-state index is 0.0150. The molecule has 0 bridgehead atoms. The van der Waals surface area contributed by atoms with Crippen LogP contribution in [0.1, 0.15) is 15.9 Å². The summed E-state index contributed by atoms with van der Waals surface area (Å²) in [7, 11) is 1.17. The number of aromatic nitrogens is 2. The van der Waals surface area contributed by atoms with Gasteiger partial charge in [0.2, 0.25) is 0 Å². The van der Waals surface area contributed by atoms with E-state index in [1.807, 2.05) is 0 Å². The Labute approximate surface area is 122 Å². The van der Waals surface area contributed by atoms with Crippen molar-refractivity contribution in [3.05, 3.63) is 46.7 Å². The number of ether oxygens (including phenoxy) is 1. The maximum atomic E-state index is 12.7. The molecule has 0 aliphatic carbocycles. The molecule has 0 saturated carbocycles. The van der Waals surface area contributed by atoms with Crippen molar-refractivity contribution in [2.24, 2.45) is 0 Å². The summed E-state index contributed by atoms with van der Waals surface area (Å²) >= 11 is 5.81. The van der Waals surface area contributed by atoms with Gasteiger partial charge in [0.25, 0.3) is 0 Å². The van der Waals surface area contributed by atoms with E-state index >= 15 is 0 Å². The number of benzene rings is 1.